The molecule has 0 aromatic rings. The van der Waals surface area contributed by atoms with Gasteiger partial charge in [0.25, 0.3) is 0 Å². The number of likely N-dealkylation sites (tertiary alicyclic amines) is 1. The molecule has 0 aromatic carbocycles. The van der Waals surface area contributed by atoms with Crippen LogP contribution in [0.5, 0.6) is 0 Å². The predicted molar refractivity (Wildman–Crippen MR) is 69.7 cm³/mol. The van der Waals surface area contributed by atoms with Gasteiger partial charge in [0.1, 0.15) is 0 Å². The third kappa shape index (κ3) is 5.31. The zero-order chi connectivity index (χ0) is 11.8. The highest BCUT2D eigenvalue weighted by Gasteiger charge is 2.21. The Kier molecular flexibility index (Phi) is 7.06. The molecule has 0 aromatic heterocycles. The third-order valence-electron chi connectivity index (χ3n) is 3.78. The number of hydrogen-bond donors (Lipinski definition) is 1. The van der Waals surface area contributed by atoms with Gasteiger partial charge >= 0.3 is 0 Å². The van der Waals surface area contributed by atoms with E-state index in [1.807, 2.05) is 0 Å². The van der Waals surface area contributed by atoms with Crippen molar-refractivity contribution < 1.29 is 5.11 Å². The van der Waals surface area contributed by atoms with Gasteiger partial charge < -0.3 is 5.11 Å². The summed E-state index contributed by atoms with van der Waals surface area (Å²) in [5, 5.41) is 9.63. The van der Waals surface area contributed by atoms with Crippen molar-refractivity contribution in [3.63, 3.8) is 0 Å². The summed E-state index contributed by atoms with van der Waals surface area (Å²) in [7, 11) is 0. The van der Waals surface area contributed by atoms with Crippen molar-refractivity contribution in [2.75, 3.05) is 13.1 Å². The summed E-state index contributed by atoms with van der Waals surface area (Å²) in [4.78, 5) is 2.47. The average molecular weight is 227 g/mol. The van der Waals surface area contributed by atoms with E-state index in [2.05, 4.69) is 18.7 Å². The summed E-state index contributed by atoms with van der Waals surface area (Å²) in [6.45, 7) is 6.67. The molecule has 2 nitrogen and oxygen atoms in total. The van der Waals surface area contributed by atoms with E-state index in [-0.39, 0.29) is 6.10 Å². The fraction of sp³-hybridized carbons (Fsp3) is 1.00. The number of β-amino-alcohol motifs (C(OH)–C–C–N with tert-alkyl or cyclic N) is 1. The zero-order valence-corrected chi connectivity index (χ0v) is 11.1. The quantitative estimate of drug-likeness (QED) is 0.675. The van der Waals surface area contributed by atoms with Gasteiger partial charge in [0, 0.05) is 12.6 Å². The van der Waals surface area contributed by atoms with Gasteiger partial charge in [0.2, 0.25) is 0 Å². The highest BCUT2D eigenvalue weighted by atomic mass is 16.3. The first-order valence-corrected chi connectivity index (χ1v) is 7.16. The SMILES string of the molecule is CCCCCCCC(C)N1CCC[C@H](O)C1. The second-order valence-electron chi connectivity index (χ2n) is 5.34. The summed E-state index contributed by atoms with van der Waals surface area (Å²) in [6, 6.07) is 0.663. The van der Waals surface area contributed by atoms with E-state index < -0.39 is 0 Å². The molecule has 1 rings (SSSR count). The Morgan fingerprint density at radius 1 is 1.25 bits per heavy atom. The number of aliphatic hydroxyl groups excluding tert-OH is 1. The zero-order valence-electron chi connectivity index (χ0n) is 11.1. The lowest BCUT2D eigenvalue weighted by atomic mass is 10.0. The largest absolute Gasteiger partial charge is 0.392 e. The van der Waals surface area contributed by atoms with Crippen molar-refractivity contribution in [3.8, 4) is 0 Å². The Bertz CT molecular complexity index is 172. The number of nitrogens with zero attached hydrogens (tertiary/aromatic N) is 1. The predicted octanol–water partition coefficient (Wildman–Crippen LogP) is 3.19. The molecule has 2 atom stereocenters. The van der Waals surface area contributed by atoms with Crippen LogP contribution in [0.3, 0.4) is 0 Å². The number of piperidine rings is 1. The highest BCUT2D eigenvalue weighted by molar-refractivity contribution is 4.76. The second kappa shape index (κ2) is 8.08. The number of rotatable bonds is 7. The minimum absolute atomic E-state index is 0.0729. The third-order valence-corrected chi connectivity index (χ3v) is 3.78. The molecule has 16 heavy (non-hydrogen) atoms. The fourth-order valence-electron chi connectivity index (χ4n) is 2.61. The van der Waals surface area contributed by atoms with Crippen LogP contribution in [0.4, 0.5) is 0 Å². The van der Waals surface area contributed by atoms with Crippen LogP contribution in [0.15, 0.2) is 0 Å². The van der Waals surface area contributed by atoms with Gasteiger partial charge in [-0.05, 0) is 32.7 Å². The highest BCUT2D eigenvalue weighted by Crippen LogP contribution is 2.17. The van der Waals surface area contributed by atoms with E-state index in [1.54, 1.807) is 0 Å². The van der Waals surface area contributed by atoms with E-state index in [0.717, 1.165) is 13.0 Å². The van der Waals surface area contributed by atoms with Gasteiger partial charge in [-0.3, -0.25) is 4.90 Å². The van der Waals surface area contributed by atoms with Crippen molar-refractivity contribution in [3.05, 3.63) is 0 Å². The normalized spacial score (nSPS) is 24.6. The monoisotopic (exact) mass is 227 g/mol. The van der Waals surface area contributed by atoms with Gasteiger partial charge in [0.15, 0.2) is 0 Å². The molecule has 0 spiro atoms. The minimum Gasteiger partial charge on any atom is -0.392 e. The summed E-state index contributed by atoms with van der Waals surface area (Å²) < 4.78 is 0. The van der Waals surface area contributed by atoms with Crippen LogP contribution < -0.4 is 0 Å². The van der Waals surface area contributed by atoms with Crippen LogP contribution >= 0.6 is 0 Å². The molecule has 0 bridgehead atoms. The van der Waals surface area contributed by atoms with E-state index in [9.17, 15) is 5.11 Å². The lowest BCUT2D eigenvalue weighted by molar-refractivity contribution is 0.0480. The molecule has 0 amide bonds. The molecule has 1 saturated heterocycles. The number of hydrogen-bond acceptors (Lipinski definition) is 2. The molecular formula is C14H29NO. The van der Waals surface area contributed by atoms with Gasteiger partial charge in [0.05, 0.1) is 6.10 Å². The summed E-state index contributed by atoms with van der Waals surface area (Å²) in [5.41, 5.74) is 0. The summed E-state index contributed by atoms with van der Waals surface area (Å²) in [5.74, 6) is 0. The van der Waals surface area contributed by atoms with Crippen LogP contribution in [0.1, 0.15) is 65.2 Å². The first-order chi connectivity index (χ1) is 7.74. The first-order valence-electron chi connectivity index (χ1n) is 7.16. The number of unbranched alkanes of at least 4 members (excludes halogenated alkanes) is 4. The Balaban J connectivity index is 2.06. The minimum atomic E-state index is -0.0729. The maximum atomic E-state index is 9.63. The molecule has 1 unspecified atom stereocenters. The number of aliphatic hydroxyl groups is 1. The van der Waals surface area contributed by atoms with E-state index in [4.69, 9.17) is 0 Å². The van der Waals surface area contributed by atoms with Crippen molar-refractivity contribution in [2.24, 2.45) is 0 Å². The molecular weight excluding hydrogens is 198 g/mol. The Labute approximate surface area is 101 Å². The smallest absolute Gasteiger partial charge is 0.0667 e. The van der Waals surface area contributed by atoms with E-state index in [1.165, 1.54) is 51.5 Å². The first kappa shape index (κ1) is 14.0. The van der Waals surface area contributed by atoms with Crippen molar-refractivity contribution in [1.29, 1.82) is 0 Å². The average Bonchev–Trinajstić information content (AvgIpc) is 2.28. The fourth-order valence-corrected chi connectivity index (χ4v) is 2.61. The lowest BCUT2D eigenvalue weighted by Crippen LogP contribution is -2.43. The second-order valence-corrected chi connectivity index (χ2v) is 5.34. The van der Waals surface area contributed by atoms with Crippen molar-refractivity contribution >= 4 is 0 Å². The molecule has 0 saturated carbocycles. The van der Waals surface area contributed by atoms with E-state index >= 15 is 0 Å². The van der Waals surface area contributed by atoms with Gasteiger partial charge in [-0.15, -0.1) is 0 Å². The van der Waals surface area contributed by atoms with Crippen molar-refractivity contribution in [2.45, 2.75) is 77.4 Å². The van der Waals surface area contributed by atoms with Crippen molar-refractivity contribution in [1.82, 2.24) is 4.90 Å². The van der Waals surface area contributed by atoms with Gasteiger partial charge in [-0.25, -0.2) is 0 Å². The molecule has 96 valence electrons. The van der Waals surface area contributed by atoms with Gasteiger partial charge in [-0.1, -0.05) is 39.0 Å². The van der Waals surface area contributed by atoms with Crippen LogP contribution in [0, 0.1) is 0 Å². The van der Waals surface area contributed by atoms with Gasteiger partial charge in [-0.2, -0.15) is 0 Å². The summed E-state index contributed by atoms with van der Waals surface area (Å²) in [6.07, 6.45) is 10.2. The molecule has 1 aliphatic rings. The molecule has 1 fully saturated rings. The molecule has 1 N–H and O–H groups in total. The Morgan fingerprint density at radius 2 is 2.00 bits per heavy atom. The Morgan fingerprint density at radius 3 is 2.69 bits per heavy atom. The lowest BCUT2D eigenvalue weighted by Gasteiger charge is -2.34. The molecule has 0 radical (unpaired) electrons. The molecule has 1 heterocycles. The summed E-state index contributed by atoms with van der Waals surface area (Å²) >= 11 is 0. The van der Waals surface area contributed by atoms with Crippen LogP contribution in [0.2, 0.25) is 0 Å². The molecule has 2 heteroatoms. The van der Waals surface area contributed by atoms with Crippen LogP contribution in [0.25, 0.3) is 0 Å². The maximum Gasteiger partial charge on any atom is 0.0667 e. The van der Waals surface area contributed by atoms with Crippen LogP contribution in [-0.2, 0) is 0 Å². The standard InChI is InChI=1S/C14H29NO/c1-3-4-5-6-7-9-13(2)15-11-8-10-14(16)12-15/h13-14,16H,3-12H2,1-2H3/t13?,14-/m0/s1. The molecule has 0 aliphatic carbocycles. The van der Waals surface area contributed by atoms with Crippen LogP contribution in [-0.4, -0.2) is 35.2 Å². The topological polar surface area (TPSA) is 23.5 Å². The molecule has 1 aliphatic heterocycles. The maximum absolute atomic E-state index is 9.63. The van der Waals surface area contributed by atoms with E-state index in [0.29, 0.717) is 6.04 Å². The Hall–Kier alpha value is -0.0800.